The van der Waals surface area contributed by atoms with E-state index in [0.29, 0.717) is 5.92 Å². The van der Waals surface area contributed by atoms with Crippen molar-refractivity contribution in [2.45, 2.75) is 38.6 Å². The molecule has 0 aliphatic heterocycles. The van der Waals surface area contributed by atoms with Gasteiger partial charge in [0.25, 0.3) is 0 Å². The van der Waals surface area contributed by atoms with E-state index in [2.05, 4.69) is 11.9 Å². The molecule has 1 N–H and O–H groups in total. The van der Waals surface area contributed by atoms with E-state index in [-0.39, 0.29) is 0 Å². The van der Waals surface area contributed by atoms with Crippen LogP contribution in [0, 0.1) is 0 Å². The molecular weight excluding hydrogens is 228 g/mol. The summed E-state index contributed by atoms with van der Waals surface area (Å²) in [6, 6.07) is 1.39. The molecule has 3 rings (SSSR count). The highest BCUT2D eigenvalue weighted by Gasteiger charge is 2.30. The predicted octanol–water partition coefficient (Wildman–Crippen LogP) is 2.73. The standard InChI is InChI=1S/C14H16N2O2/c1-8-3-4-10-11-7-15-6-5-12(11)16(13(8)10)9(2)14(17)18/h5-9H,3-4H2,1-2H3,(H,17,18). The highest BCUT2D eigenvalue weighted by atomic mass is 16.4. The monoisotopic (exact) mass is 244 g/mol. The van der Waals surface area contributed by atoms with Gasteiger partial charge in [-0.15, -0.1) is 0 Å². The van der Waals surface area contributed by atoms with Gasteiger partial charge in [0, 0.05) is 23.5 Å². The Balaban J connectivity index is 2.35. The van der Waals surface area contributed by atoms with Crippen molar-refractivity contribution < 1.29 is 9.90 Å². The van der Waals surface area contributed by atoms with Crippen LogP contribution in [0.4, 0.5) is 0 Å². The molecule has 0 bridgehead atoms. The second-order valence-corrected chi connectivity index (χ2v) is 5.08. The summed E-state index contributed by atoms with van der Waals surface area (Å²) < 4.78 is 1.98. The second kappa shape index (κ2) is 3.83. The fourth-order valence-corrected chi connectivity index (χ4v) is 3.07. The van der Waals surface area contributed by atoms with Crippen LogP contribution in [0.5, 0.6) is 0 Å². The lowest BCUT2D eigenvalue weighted by Gasteiger charge is -2.16. The van der Waals surface area contributed by atoms with Gasteiger partial charge >= 0.3 is 5.97 Å². The van der Waals surface area contributed by atoms with E-state index in [1.165, 1.54) is 11.3 Å². The quantitative estimate of drug-likeness (QED) is 0.883. The molecule has 2 unspecified atom stereocenters. The number of pyridine rings is 1. The van der Waals surface area contributed by atoms with Crippen LogP contribution < -0.4 is 0 Å². The van der Waals surface area contributed by atoms with Crippen LogP contribution in [0.2, 0.25) is 0 Å². The average molecular weight is 244 g/mol. The van der Waals surface area contributed by atoms with Gasteiger partial charge in [0.05, 0.1) is 5.52 Å². The largest absolute Gasteiger partial charge is 0.480 e. The lowest BCUT2D eigenvalue weighted by molar-refractivity contribution is -0.140. The van der Waals surface area contributed by atoms with Gasteiger partial charge in [-0.2, -0.15) is 0 Å². The molecule has 0 spiro atoms. The zero-order valence-corrected chi connectivity index (χ0v) is 10.6. The summed E-state index contributed by atoms with van der Waals surface area (Å²) in [6.45, 7) is 3.91. The summed E-state index contributed by atoms with van der Waals surface area (Å²) in [6.07, 6.45) is 5.71. The maximum atomic E-state index is 11.3. The fraction of sp³-hybridized carbons (Fsp3) is 0.429. The first-order valence-corrected chi connectivity index (χ1v) is 6.30. The lowest BCUT2D eigenvalue weighted by atomic mass is 10.1. The number of aliphatic carboxylic acids is 1. The number of hydrogen-bond acceptors (Lipinski definition) is 2. The summed E-state index contributed by atoms with van der Waals surface area (Å²) in [5.41, 5.74) is 3.48. The van der Waals surface area contributed by atoms with Crippen LogP contribution in [-0.2, 0) is 11.2 Å². The molecule has 0 aromatic carbocycles. The molecule has 1 aliphatic rings. The number of carbonyl (C=O) groups is 1. The Morgan fingerprint density at radius 2 is 2.39 bits per heavy atom. The van der Waals surface area contributed by atoms with Crippen LogP contribution in [0.1, 0.15) is 43.5 Å². The molecule has 2 atom stereocenters. The van der Waals surface area contributed by atoms with Crippen molar-refractivity contribution in [3.63, 3.8) is 0 Å². The number of rotatable bonds is 2. The van der Waals surface area contributed by atoms with Gasteiger partial charge in [0.1, 0.15) is 6.04 Å². The minimum atomic E-state index is -0.786. The molecule has 2 aromatic heterocycles. The predicted molar refractivity (Wildman–Crippen MR) is 68.8 cm³/mol. The van der Waals surface area contributed by atoms with Crippen molar-refractivity contribution in [2.24, 2.45) is 0 Å². The van der Waals surface area contributed by atoms with E-state index < -0.39 is 12.0 Å². The number of hydrogen-bond donors (Lipinski definition) is 1. The molecule has 0 amide bonds. The van der Waals surface area contributed by atoms with Crippen molar-refractivity contribution in [2.75, 3.05) is 0 Å². The summed E-state index contributed by atoms with van der Waals surface area (Å²) in [4.78, 5) is 15.5. The van der Waals surface area contributed by atoms with E-state index in [9.17, 15) is 9.90 Å². The molecule has 1 aliphatic carbocycles. The first kappa shape index (κ1) is 11.3. The SMILES string of the molecule is CC1CCc2c1n(C(C)C(=O)O)c1ccncc21. The fourth-order valence-electron chi connectivity index (χ4n) is 3.07. The van der Waals surface area contributed by atoms with Gasteiger partial charge in [-0.3, -0.25) is 4.98 Å². The lowest BCUT2D eigenvalue weighted by Crippen LogP contribution is -2.18. The minimum Gasteiger partial charge on any atom is -0.480 e. The van der Waals surface area contributed by atoms with Gasteiger partial charge < -0.3 is 9.67 Å². The van der Waals surface area contributed by atoms with Crippen molar-refractivity contribution in [3.05, 3.63) is 29.7 Å². The average Bonchev–Trinajstić information content (AvgIpc) is 2.87. The Hall–Kier alpha value is -1.84. The third-order valence-corrected chi connectivity index (χ3v) is 3.99. The second-order valence-electron chi connectivity index (χ2n) is 5.08. The number of carboxylic acid groups (broad SMARTS) is 1. The van der Waals surface area contributed by atoms with Crippen molar-refractivity contribution >= 4 is 16.9 Å². The first-order valence-electron chi connectivity index (χ1n) is 6.30. The maximum absolute atomic E-state index is 11.3. The highest BCUT2D eigenvalue weighted by molar-refractivity contribution is 5.87. The molecule has 18 heavy (non-hydrogen) atoms. The Labute approximate surface area is 105 Å². The molecule has 0 radical (unpaired) electrons. The van der Waals surface area contributed by atoms with Crippen LogP contribution in [0.25, 0.3) is 10.9 Å². The topological polar surface area (TPSA) is 55.1 Å². The van der Waals surface area contributed by atoms with Crippen molar-refractivity contribution in [1.29, 1.82) is 0 Å². The third kappa shape index (κ3) is 1.38. The molecular formula is C14H16N2O2. The first-order chi connectivity index (χ1) is 8.61. The van der Waals surface area contributed by atoms with Gasteiger partial charge in [0.15, 0.2) is 0 Å². The molecule has 4 nitrogen and oxygen atoms in total. The van der Waals surface area contributed by atoms with E-state index in [1.807, 2.05) is 16.8 Å². The molecule has 2 aromatic rings. The van der Waals surface area contributed by atoms with Crippen LogP contribution >= 0.6 is 0 Å². The minimum absolute atomic E-state index is 0.425. The summed E-state index contributed by atoms with van der Waals surface area (Å²) in [7, 11) is 0. The Bertz CT molecular complexity index is 630. The van der Waals surface area contributed by atoms with Crippen LogP contribution in [0.15, 0.2) is 18.5 Å². The molecule has 2 heterocycles. The maximum Gasteiger partial charge on any atom is 0.326 e. The Kier molecular flexibility index (Phi) is 2.40. The number of carboxylic acids is 1. The molecule has 94 valence electrons. The van der Waals surface area contributed by atoms with Gasteiger partial charge in [-0.05, 0) is 37.3 Å². The van der Waals surface area contributed by atoms with Gasteiger partial charge in [0.2, 0.25) is 0 Å². The normalized spacial score (nSPS) is 20.0. The molecule has 0 saturated carbocycles. The third-order valence-electron chi connectivity index (χ3n) is 3.99. The summed E-state index contributed by atoms with van der Waals surface area (Å²) >= 11 is 0. The van der Waals surface area contributed by atoms with Gasteiger partial charge in [-0.25, -0.2) is 4.79 Å². The Morgan fingerprint density at radius 3 is 3.11 bits per heavy atom. The van der Waals surface area contributed by atoms with E-state index >= 15 is 0 Å². The van der Waals surface area contributed by atoms with E-state index in [0.717, 1.165) is 23.7 Å². The summed E-state index contributed by atoms with van der Waals surface area (Å²) in [5.74, 6) is -0.361. The molecule has 0 fully saturated rings. The van der Waals surface area contributed by atoms with Crippen molar-refractivity contribution in [3.8, 4) is 0 Å². The summed E-state index contributed by atoms with van der Waals surface area (Å²) in [5, 5.41) is 10.4. The van der Waals surface area contributed by atoms with Crippen molar-refractivity contribution in [1.82, 2.24) is 9.55 Å². The smallest absolute Gasteiger partial charge is 0.326 e. The number of nitrogens with zero attached hydrogens (tertiary/aromatic N) is 2. The molecule has 4 heteroatoms. The van der Waals surface area contributed by atoms with E-state index in [4.69, 9.17) is 0 Å². The number of aromatic nitrogens is 2. The highest BCUT2D eigenvalue weighted by Crippen LogP contribution is 2.41. The van der Waals surface area contributed by atoms with Crippen LogP contribution in [0.3, 0.4) is 0 Å². The molecule has 0 saturated heterocycles. The van der Waals surface area contributed by atoms with Crippen LogP contribution in [-0.4, -0.2) is 20.6 Å². The zero-order valence-electron chi connectivity index (χ0n) is 10.6. The number of aryl methyl sites for hydroxylation is 1. The number of fused-ring (bicyclic) bond motifs is 3. The Morgan fingerprint density at radius 1 is 1.61 bits per heavy atom. The zero-order chi connectivity index (χ0) is 12.9. The van der Waals surface area contributed by atoms with Gasteiger partial charge in [-0.1, -0.05) is 6.92 Å². The van der Waals surface area contributed by atoms with E-state index in [1.54, 1.807) is 13.1 Å².